The molecule has 4 rings (SSSR count). The molecular formula is C14H20N5O12P. The molecule has 2 fully saturated rings. The van der Waals surface area contributed by atoms with Gasteiger partial charge in [-0.2, -0.15) is 4.98 Å². The molecule has 0 saturated carbocycles. The molecule has 0 aromatic carbocycles. The lowest BCUT2D eigenvalue weighted by Crippen LogP contribution is -2.42. The summed E-state index contributed by atoms with van der Waals surface area (Å²) in [5.41, 5.74) is 4.79. The molecule has 2 aromatic heterocycles. The number of hydrogen-bond donors (Lipinski definition) is 8. The van der Waals surface area contributed by atoms with Gasteiger partial charge in [-0.15, -0.1) is 0 Å². The molecular weight excluding hydrogens is 461 g/mol. The first-order chi connectivity index (χ1) is 15.0. The quantitative estimate of drug-likeness (QED) is 0.182. The van der Waals surface area contributed by atoms with E-state index in [0.717, 1.165) is 6.33 Å². The van der Waals surface area contributed by atoms with Crippen LogP contribution in [0.3, 0.4) is 0 Å². The highest BCUT2D eigenvalue weighted by Gasteiger charge is 2.52. The minimum Gasteiger partial charge on any atom is -0.394 e. The van der Waals surface area contributed by atoms with Crippen LogP contribution in [0, 0.1) is 0 Å². The summed E-state index contributed by atoms with van der Waals surface area (Å²) in [6, 6.07) is 0. The summed E-state index contributed by atoms with van der Waals surface area (Å²) in [5, 5.41) is 40.2. The van der Waals surface area contributed by atoms with Crippen molar-refractivity contribution in [3.05, 3.63) is 16.7 Å². The molecule has 178 valence electrons. The number of ether oxygens (including phenoxy) is 3. The van der Waals surface area contributed by atoms with Crippen LogP contribution < -0.4 is 11.3 Å². The maximum Gasteiger partial charge on any atom is 0.472 e. The third kappa shape index (κ3) is 4.16. The predicted molar refractivity (Wildman–Crippen MR) is 98.2 cm³/mol. The fourth-order valence-electron chi connectivity index (χ4n) is 3.47. The lowest BCUT2D eigenvalue weighted by Gasteiger charge is -2.26. The van der Waals surface area contributed by atoms with Crippen molar-refractivity contribution in [2.45, 2.75) is 49.3 Å². The second kappa shape index (κ2) is 8.40. The predicted octanol–water partition coefficient (Wildman–Crippen LogP) is -4.15. The van der Waals surface area contributed by atoms with Gasteiger partial charge in [0.15, 0.2) is 23.7 Å². The molecule has 0 spiro atoms. The number of nitrogens with zero attached hydrogens (tertiary/aromatic N) is 3. The topological polar surface area (TPSA) is 265 Å². The Bertz CT molecular complexity index is 1090. The van der Waals surface area contributed by atoms with E-state index in [9.17, 15) is 29.8 Å². The molecule has 18 heteroatoms. The third-order valence-corrected chi connectivity index (χ3v) is 5.41. The van der Waals surface area contributed by atoms with Crippen molar-refractivity contribution >= 4 is 24.9 Å². The molecule has 0 bridgehead atoms. The molecule has 9 N–H and O–H groups in total. The Hall–Kier alpha value is -2.02. The van der Waals surface area contributed by atoms with Crippen LogP contribution in [-0.2, 0) is 23.3 Å². The third-order valence-electron chi connectivity index (χ3n) is 4.93. The summed E-state index contributed by atoms with van der Waals surface area (Å²) in [7, 11) is -5.08. The Morgan fingerprint density at radius 2 is 1.88 bits per heavy atom. The zero-order valence-electron chi connectivity index (χ0n) is 15.9. The number of aromatic nitrogens is 4. The van der Waals surface area contributed by atoms with Gasteiger partial charge in [-0.05, 0) is 0 Å². The SMILES string of the molecule is Nc1nc2c(ncn2[C@@H]2O[C@H](CO)[C@@H](O)[C@H]2OC2O[C@H](OP(=O)(O)O)[C@@H](O)[C@H]2O)c(=O)[nH]1. The molecule has 1 unspecified atom stereocenters. The molecule has 0 aliphatic carbocycles. The average molecular weight is 481 g/mol. The van der Waals surface area contributed by atoms with Crippen LogP contribution in [0.15, 0.2) is 11.1 Å². The fourth-order valence-corrected chi connectivity index (χ4v) is 3.92. The highest BCUT2D eigenvalue weighted by atomic mass is 31.2. The Morgan fingerprint density at radius 1 is 1.19 bits per heavy atom. The number of rotatable bonds is 6. The number of nitrogens with two attached hydrogens (primary N) is 1. The van der Waals surface area contributed by atoms with Crippen LogP contribution in [0.5, 0.6) is 0 Å². The zero-order chi connectivity index (χ0) is 23.4. The number of nitrogens with one attached hydrogen (secondary N) is 1. The number of aliphatic hydroxyl groups excluding tert-OH is 4. The van der Waals surface area contributed by atoms with Crippen LogP contribution in [0.1, 0.15) is 6.23 Å². The summed E-state index contributed by atoms with van der Waals surface area (Å²) in [6.45, 7) is -0.638. The van der Waals surface area contributed by atoms with Gasteiger partial charge in [0.1, 0.15) is 30.5 Å². The van der Waals surface area contributed by atoms with Crippen LogP contribution in [0.4, 0.5) is 5.95 Å². The number of hydrogen-bond acceptors (Lipinski definition) is 13. The van der Waals surface area contributed by atoms with E-state index in [-0.39, 0.29) is 17.1 Å². The normalized spacial score (nSPS) is 35.7. The van der Waals surface area contributed by atoms with Crippen molar-refractivity contribution < 1.29 is 53.5 Å². The van der Waals surface area contributed by atoms with E-state index < -0.39 is 69.3 Å². The van der Waals surface area contributed by atoms with E-state index in [1.807, 2.05) is 0 Å². The maximum absolute atomic E-state index is 12.0. The molecule has 2 saturated heterocycles. The van der Waals surface area contributed by atoms with Crippen molar-refractivity contribution in [3.63, 3.8) is 0 Å². The van der Waals surface area contributed by atoms with Gasteiger partial charge in [0, 0.05) is 0 Å². The molecule has 32 heavy (non-hydrogen) atoms. The lowest BCUT2D eigenvalue weighted by molar-refractivity contribution is -0.238. The van der Waals surface area contributed by atoms with Crippen LogP contribution >= 0.6 is 7.82 Å². The Balaban J connectivity index is 1.63. The van der Waals surface area contributed by atoms with E-state index in [1.165, 1.54) is 4.57 Å². The van der Waals surface area contributed by atoms with Crippen LogP contribution in [0.2, 0.25) is 0 Å². The second-order valence-electron chi connectivity index (χ2n) is 7.06. The number of phosphoric ester groups is 1. The molecule has 4 heterocycles. The van der Waals surface area contributed by atoms with Gasteiger partial charge in [0.25, 0.3) is 5.56 Å². The van der Waals surface area contributed by atoms with Gasteiger partial charge in [-0.3, -0.25) is 18.9 Å². The highest BCUT2D eigenvalue weighted by molar-refractivity contribution is 7.46. The van der Waals surface area contributed by atoms with Gasteiger partial charge < -0.3 is 50.2 Å². The number of aromatic amines is 1. The van der Waals surface area contributed by atoms with Crippen molar-refractivity contribution in [1.82, 2.24) is 19.5 Å². The van der Waals surface area contributed by atoms with E-state index in [4.69, 9.17) is 29.7 Å². The standard InChI is InChI=1S/C14H20N5O12P/c15-14-17-9-4(10(24)18-14)16-2-19(9)11-8(5(21)3(1-20)28-11)29-12-6(22)7(23)13(30-12)31-32(25,26)27/h2-3,5-8,11-13,20-23H,1H2,(H2,25,26,27)(H3,15,17,18,24)/t3-,5-,6-,7+,8-,11-,12?,13-/m1/s1. The average Bonchev–Trinajstić information content (AvgIpc) is 3.32. The van der Waals surface area contributed by atoms with Gasteiger partial charge in [-0.1, -0.05) is 0 Å². The Labute approximate surface area is 177 Å². The van der Waals surface area contributed by atoms with Crippen molar-refractivity contribution in [2.75, 3.05) is 12.3 Å². The monoisotopic (exact) mass is 481 g/mol. The largest absolute Gasteiger partial charge is 0.472 e. The minimum atomic E-state index is -5.08. The first-order valence-corrected chi connectivity index (χ1v) is 10.6. The van der Waals surface area contributed by atoms with Gasteiger partial charge in [0.2, 0.25) is 12.2 Å². The maximum atomic E-state index is 12.0. The fraction of sp³-hybridized carbons (Fsp3) is 0.643. The van der Waals surface area contributed by atoms with Crippen LogP contribution in [0.25, 0.3) is 11.2 Å². The van der Waals surface area contributed by atoms with Gasteiger partial charge in [0.05, 0.1) is 12.9 Å². The van der Waals surface area contributed by atoms with E-state index in [0.29, 0.717) is 0 Å². The molecule has 2 aliphatic heterocycles. The van der Waals surface area contributed by atoms with Crippen molar-refractivity contribution in [2.24, 2.45) is 0 Å². The summed E-state index contributed by atoms with van der Waals surface area (Å²) >= 11 is 0. The second-order valence-corrected chi connectivity index (χ2v) is 8.26. The molecule has 0 radical (unpaired) electrons. The number of nitrogen functional groups attached to an aromatic ring is 1. The molecule has 17 nitrogen and oxygen atoms in total. The Kier molecular flexibility index (Phi) is 6.07. The smallest absolute Gasteiger partial charge is 0.394 e. The molecule has 2 aromatic rings. The summed E-state index contributed by atoms with van der Waals surface area (Å²) in [4.78, 5) is 40.0. The summed E-state index contributed by atoms with van der Waals surface area (Å²) < 4.78 is 32.7. The van der Waals surface area contributed by atoms with E-state index in [1.54, 1.807) is 0 Å². The number of H-pyrrole nitrogens is 1. The first-order valence-electron chi connectivity index (χ1n) is 9.08. The number of aliphatic hydroxyl groups is 4. The van der Waals surface area contributed by atoms with Gasteiger partial charge >= 0.3 is 7.82 Å². The number of phosphoric acid groups is 1. The van der Waals surface area contributed by atoms with Crippen molar-refractivity contribution in [3.8, 4) is 0 Å². The number of fused-ring (bicyclic) bond motifs is 1. The van der Waals surface area contributed by atoms with Crippen molar-refractivity contribution in [1.29, 1.82) is 0 Å². The molecule has 2 aliphatic rings. The van der Waals surface area contributed by atoms with Gasteiger partial charge in [-0.25, -0.2) is 9.55 Å². The van der Waals surface area contributed by atoms with E-state index in [2.05, 4.69) is 19.5 Å². The molecule has 0 amide bonds. The Morgan fingerprint density at radius 3 is 2.53 bits per heavy atom. The van der Waals surface area contributed by atoms with Crippen LogP contribution in [-0.4, -0.2) is 99.4 Å². The summed E-state index contributed by atoms with van der Waals surface area (Å²) in [6.07, 6.45) is -11.6. The number of anilines is 1. The minimum absolute atomic E-state index is 0.0359. The highest BCUT2D eigenvalue weighted by Crippen LogP contribution is 2.42. The molecule has 8 atom stereocenters. The summed E-state index contributed by atoms with van der Waals surface area (Å²) in [5.74, 6) is -0.228. The lowest BCUT2D eigenvalue weighted by atomic mass is 10.1. The first kappa shape index (κ1) is 23.1. The zero-order valence-corrected chi connectivity index (χ0v) is 16.8. The van der Waals surface area contributed by atoms with E-state index >= 15 is 0 Å². The number of imidazole rings is 1.